The lowest BCUT2D eigenvalue weighted by molar-refractivity contribution is -0.124. The van der Waals surface area contributed by atoms with E-state index in [1.54, 1.807) is 0 Å². The summed E-state index contributed by atoms with van der Waals surface area (Å²) in [6.07, 6.45) is 0. The summed E-state index contributed by atoms with van der Waals surface area (Å²) >= 11 is 0. The van der Waals surface area contributed by atoms with Gasteiger partial charge in [0.2, 0.25) is 5.91 Å². The maximum Gasteiger partial charge on any atom is 0.236 e. The third-order valence-corrected chi connectivity index (χ3v) is 1.66. The molecule has 1 unspecified atom stereocenters. The third kappa shape index (κ3) is 2.17. The summed E-state index contributed by atoms with van der Waals surface area (Å²) in [5.41, 5.74) is 4.97. The summed E-state index contributed by atoms with van der Waals surface area (Å²) in [6.45, 7) is 4.96. The van der Waals surface area contributed by atoms with Crippen molar-refractivity contribution in [1.29, 1.82) is 0 Å². The van der Waals surface area contributed by atoms with Gasteiger partial charge < -0.3 is 10.5 Å². The normalized spacial score (nSPS) is 29.8. The van der Waals surface area contributed by atoms with Crippen LogP contribution in [0.5, 0.6) is 0 Å². The average Bonchev–Trinajstić information content (AvgIpc) is 1.85. The van der Waals surface area contributed by atoms with Gasteiger partial charge in [-0.15, -0.1) is 0 Å². The Morgan fingerprint density at radius 3 is 2.73 bits per heavy atom. The van der Waals surface area contributed by atoms with E-state index in [-0.39, 0.29) is 17.5 Å². The molecule has 1 saturated heterocycles. The van der Waals surface area contributed by atoms with Gasteiger partial charge in [0.1, 0.15) is 6.04 Å². The van der Waals surface area contributed by atoms with Crippen LogP contribution >= 0.6 is 0 Å². The first kappa shape index (κ1) is 8.49. The van der Waals surface area contributed by atoms with Gasteiger partial charge in [-0.25, -0.2) is 0 Å². The maximum atomic E-state index is 10.7. The highest BCUT2D eigenvalue weighted by Gasteiger charge is 2.30. The molecular weight excluding hydrogens is 144 g/mol. The van der Waals surface area contributed by atoms with Gasteiger partial charge >= 0.3 is 0 Å². The second kappa shape index (κ2) is 2.79. The summed E-state index contributed by atoms with van der Waals surface area (Å²) in [5.74, 6) is -0.349. The fourth-order valence-electron chi connectivity index (χ4n) is 1.14. The van der Waals surface area contributed by atoms with Gasteiger partial charge in [-0.3, -0.25) is 10.1 Å². The number of carbonyl (C=O) groups is 1. The zero-order valence-corrected chi connectivity index (χ0v) is 6.89. The Morgan fingerprint density at radius 2 is 2.36 bits per heavy atom. The molecule has 4 heteroatoms. The smallest absolute Gasteiger partial charge is 0.236 e. The van der Waals surface area contributed by atoms with Gasteiger partial charge in [0.05, 0.1) is 13.2 Å². The summed E-state index contributed by atoms with van der Waals surface area (Å²) < 4.78 is 5.20. The average molecular weight is 158 g/mol. The third-order valence-electron chi connectivity index (χ3n) is 1.66. The van der Waals surface area contributed by atoms with Crippen LogP contribution in [0.25, 0.3) is 0 Å². The van der Waals surface area contributed by atoms with Crippen molar-refractivity contribution in [1.82, 2.24) is 5.32 Å². The van der Waals surface area contributed by atoms with Gasteiger partial charge in [-0.2, -0.15) is 0 Å². The molecule has 1 atom stereocenters. The summed E-state index contributed by atoms with van der Waals surface area (Å²) in [7, 11) is 0. The topological polar surface area (TPSA) is 64.3 Å². The van der Waals surface area contributed by atoms with Crippen LogP contribution in [0.2, 0.25) is 0 Å². The van der Waals surface area contributed by atoms with Crippen molar-refractivity contribution in [2.45, 2.75) is 25.4 Å². The molecule has 4 nitrogen and oxygen atoms in total. The molecule has 0 aliphatic carbocycles. The van der Waals surface area contributed by atoms with E-state index in [4.69, 9.17) is 10.5 Å². The number of ether oxygens (including phenoxy) is 1. The van der Waals surface area contributed by atoms with E-state index in [0.29, 0.717) is 13.2 Å². The van der Waals surface area contributed by atoms with E-state index >= 15 is 0 Å². The minimum absolute atomic E-state index is 0.141. The zero-order chi connectivity index (χ0) is 8.48. The van der Waals surface area contributed by atoms with Gasteiger partial charge in [-0.05, 0) is 13.8 Å². The van der Waals surface area contributed by atoms with Crippen LogP contribution in [0, 0.1) is 0 Å². The summed E-state index contributed by atoms with van der Waals surface area (Å²) in [4.78, 5) is 10.7. The predicted molar refractivity (Wildman–Crippen MR) is 41.0 cm³/mol. The van der Waals surface area contributed by atoms with Crippen molar-refractivity contribution in [3.05, 3.63) is 0 Å². The second-order valence-corrected chi connectivity index (χ2v) is 3.50. The molecule has 0 saturated carbocycles. The van der Waals surface area contributed by atoms with E-state index in [1.165, 1.54) is 0 Å². The first-order valence-corrected chi connectivity index (χ1v) is 3.66. The lowest BCUT2D eigenvalue weighted by atomic mass is 10.0. The van der Waals surface area contributed by atoms with Gasteiger partial charge in [-0.1, -0.05) is 0 Å². The maximum absolute atomic E-state index is 10.7. The lowest BCUT2D eigenvalue weighted by Crippen LogP contribution is -2.59. The standard InChI is InChI=1S/C7H14N2O2/c1-7(2)4-11-3-5(9-7)6(8)10/h5,9H,3-4H2,1-2H3,(H2,8,10). The van der Waals surface area contributed by atoms with E-state index in [9.17, 15) is 4.79 Å². The molecule has 0 bridgehead atoms. The van der Waals surface area contributed by atoms with Crippen LogP contribution in [-0.4, -0.2) is 30.7 Å². The molecule has 0 spiro atoms. The predicted octanol–water partition coefficient (Wildman–Crippen LogP) is -0.761. The van der Waals surface area contributed by atoms with Crippen LogP contribution in [0.3, 0.4) is 0 Å². The van der Waals surface area contributed by atoms with Crippen LogP contribution in [0.4, 0.5) is 0 Å². The van der Waals surface area contributed by atoms with Crippen molar-refractivity contribution >= 4 is 5.91 Å². The monoisotopic (exact) mass is 158 g/mol. The number of hydrogen-bond acceptors (Lipinski definition) is 3. The Morgan fingerprint density at radius 1 is 1.73 bits per heavy atom. The highest BCUT2D eigenvalue weighted by atomic mass is 16.5. The van der Waals surface area contributed by atoms with Crippen LogP contribution in [0.1, 0.15) is 13.8 Å². The van der Waals surface area contributed by atoms with Gasteiger partial charge in [0.15, 0.2) is 0 Å². The Kier molecular flexibility index (Phi) is 2.15. The SMILES string of the molecule is CC1(C)COCC(C(N)=O)N1. The zero-order valence-electron chi connectivity index (χ0n) is 6.89. The van der Waals surface area contributed by atoms with Crippen molar-refractivity contribution in [2.24, 2.45) is 5.73 Å². The van der Waals surface area contributed by atoms with E-state index in [1.807, 2.05) is 13.8 Å². The quantitative estimate of drug-likeness (QED) is 0.527. The molecule has 0 aromatic rings. The number of nitrogens with two attached hydrogens (primary N) is 1. The fraction of sp³-hybridized carbons (Fsp3) is 0.857. The van der Waals surface area contributed by atoms with Crippen LogP contribution < -0.4 is 11.1 Å². The van der Waals surface area contributed by atoms with Crippen LogP contribution in [0.15, 0.2) is 0 Å². The molecule has 3 N–H and O–H groups in total. The van der Waals surface area contributed by atoms with E-state index < -0.39 is 0 Å². The van der Waals surface area contributed by atoms with E-state index in [0.717, 1.165) is 0 Å². The van der Waals surface area contributed by atoms with E-state index in [2.05, 4.69) is 5.32 Å². The highest BCUT2D eigenvalue weighted by Crippen LogP contribution is 2.09. The molecule has 11 heavy (non-hydrogen) atoms. The number of rotatable bonds is 1. The molecule has 0 radical (unpaired) electrons. The number of morpholine rings is 1. The Hall–Kier alpha value is -0.610. The highest BCUT2D eigenvalue weighted by molar-refractivity contribution is 5.80. The Labute approximate surface area is 66.1 Å². The minimum Gasteiger partial charge on any atom is -0.377 e. The molecule has 1 heterocycles. The molecule has 1 aliphatic rings. The Balaban J connectivity index is 2.53. The number of nitrogens with one attached hydrogen (secondary N) is 1. The molecule has 1 aliphatic heterocycles. The minimum atomic E-state index is -0.349. The van der Waals surface area contributed by atoms with Crippen molar-refractivity contribution < 1.29 is 9.53 Å². The number of amides is 1. The molecule has 1 amide bonds. The van der Waals surface area contributed by atoms with Crippen LogP contribution in [-0.2, 0) is 9.53 Å². The molecule has 64 valence electrons. The molecule has 0 aromatic heterocycles. The molecule has 1 rings (SSSR count). The summed E-state index contributed by atoms with van der Waals surface area (Å²) in [6, 6.07) is -0.334. The molecule has 1 fully saturated rings. The van der Waals surface area contributed by atoms with Gasteiger partial charge in [0.25, 0.3) is 0 Å². The summed E-state index contributed by atoms with van der Waals surface area (Å²) in [5, 5.41) is 3.09. The Bertz CT molecular complexity index is 168. The molecule has 0 aromatic carbocycles. The first-order valence-electron chi connectivity index (χ1n) is 3.66. The van der Waals surface area contributed by atoms with Crippen molar-refractivity contribution in [3.8, 4) is 0 Å². The van der Waals surface area contributed by atoms with Gasteiger partial charge in [0, 0.05) is 5.54 Å². The fourth-order valence-corrected chi connectivity index (χ4v) is 1.14. The first-order chi connectivity index (χ1) is 5.01. The van der Waals surface area contributed by atoms with Crippen molar-refractivity contribution in [2.75, 3.05) is 13.2 Å². The largest absolute Gasteiger partial charge is 0.377 e. The number of hydrogen-bond donors (Lipinski definition) is 2. The second-order valence-electron chi connectivity index (χ2n) is 3.50. The molecular formula is C7H14N2O2. The number of carbonyl (C=O) groups excluding carboxylic acids is 1. The number of primary amides is 1. The van der Waals surface area contributed by atoms with Crippen molar-refractivity contribution in [3.63, 3.8) is 0 Å². The lowest BCUT2D eigenvalue weighted by Gasteiger charge is -2.35.